The van der Waals surface area contributed by atoms with E-state index in [1.807, 2.05) is 0 Å². The van der Waals surface area contributed by atoms with Crippen LogP contribution in [0.3, 0.4) is 0 Å². The predicted molar refractivity (Wildman–Crippen MR) is 79.5 cm³/mol. The molecule has 0 amide bonds. The molecule has 1 aliphatic rings. The number of aliphatic hydroxyl groups is 1. The number of anilines is 1. The van der Waals surface area contributed by atoms with Crippen molar-refractivity contribution in [3.63, 3.8) is 0 Å². The van der Waals surface area contributed by atoms with Gasteiger partial charge in [-0.2, -0.15) is 4.98 Å². The van der Waals surface area contributed by atoms with Gasteiger partial charge >= 0.3 is 0 Å². The van der Waals surface area contributed by atoms with Crippen molar-refractivity contribution in [1.82, 2.24) is 19.5 Å². The van der Waals surface area contributed by atoms with Crippen LogP contribution in [-0.2, 0) is 14.2 Å². The maximum atomic E-state index is 11.8. The number of nitrogens with two attached hydrogens (primary N) is 1. The van der Waals surface area contributed by atoms with Crippen LogP contribution in [0.1, 0.15) is 19.6 Å². The predicted octanol–water partition coefficient (Wildman–Crippen LogP) is -0.641. The highest BCUT2D eigenvalue weighted by molar-refractivity contribution is 5.70. The summed E-state index contributed by atoms with van der Waals surface area (Å²) >= 11 is 0. The molecule has 10 heteroatoms. The highest BCUT2D eigenvalue weighted by Gasteiger charge is 2.38. The van der Waals surface area contributed by atoms with Crippen molar-refractivity contribution in [3.8, 4) is 0 Å². The number of aliphatic hydroxyl groups excluding tert-OH is 1. The molecule has 10 nitrogen and oxygen atoms in total. The van der Waals surface area contributed by atoms with Gasteiger partial charge in [0, 0.05) is 13.5 Å². The Morgan fingerprint density at radius 3 is 3.13 bits per heavy atom. The molecule has 1 saturated heterocycles. The van der Waals surface area contributed by atoms with Crippen LogP contribution < -0.4 is 11.3 Å². The summed E-state index contributed by atoms with van der Waals surface area (Å²) in [5, 5.41) is 9.48. The summed E-state index contributed by atoms with van der Waals surface area (Å²) in [7, 11) is 1.54. The Kier molecular flexibility index (Phi) is 4.31. The Morgan fingerprint density at radius 2 is 2.43 bits per heavy atom. The number of fused-ring (bicyclic) bond motifs is 1. The lowest BCUT2D eigenvalue weighted by molar-refractivity contribution is -0.162. The Balaban J connectivity index is 1.89. The van der Waals surface area contributed by atoms with E-state index in [-0.39, 0.29) is 24.2 Å². The average Bonchev–Trinajstić information content (AvgIpc) is 3.10. The van der Waals surface area contributed by atoms with E-state index in [4.69, 9.17) is 19.9 Å². The Hall–Kier alpha value is -2.01. The number of aromatic nitrogens is 4. The highest BCUT2D eigenvalue weighted by Crippen LogP contribution is 2.32. The lowest BCUT2D eigenvalue weighted by Crippen LogP contribution is -2.31. The number of methoxy groups -OCH3 is 1. The average molecular weight is 325 g/mol. The number of aromatic amines is 1. The molecule has 3 heterocycles. The van der Waals surface area contributed by atoms with E-state index >= 15 is 0 Å². The molecule has 23 heavy (non-hydrogen) atoms. The second-order valence-corrected chi connectivity index (χ2v) is 5.30. The number of H-pyrrole nitrogens is 1. The van der Waals surface area contributed by atoms with Gasteiger partial charge in [-0.05, 0) is 6.92 Å². The first-order valence-corrected chi connectivity index (χ1v) is 7.20. The number of hydrogen-bond acceptors (Lipinski definition) is 8. The maximum absolute atomic E-state index is 11.8. The highest BCUT2D eigenvalue weighted by atomic mass is 16.7. The number of nitrogen functional groups attached to an aromatic ring is 1. The fraction of sp³-hybridized carbons (Fsp3) is 0.615. The summed E-state index contributed by atoms with van der Waals surface area (Å²) in [6.07, 6.45) is 0.172. The third-order valence-corrected chi connectivity index (χ3v) is 3.82. The molecular weight excluding hydrogens is 306 g/mol. The van der Waals surface area contributed by atoms with Gasteiger partial charge in [0.25, 0.3) is 5.56 Å². The summed E-state index contributed by atoms with van der Waals surface area (Å²) in [5.41, 5.74) is 5.68. The van der Waals surface area contributed by atoms with Crippen molar-refractivity contribution >= 4 is 17.1 Å². The molecule has 2 aromatic heterocycles. The first-order valence-electron chi connectivity index (χ1n) is 7.20. The van der Waals surface area contributed by atoms with Gasteiger partial charge in [-0.15, -0.1) is 0 Å². The minimum atomic E-state index is -0.505. The number of ether oxygens (including phenoxy) is 3. The Labute approximate surface area is 131 Å². The van der Waals surface area contributed by atoms with Gasteiger partial charge in [-0.3, -0.25) is 14.3 Å². The van der Waals surface area contributed by atoms with Crippen LogP contribution in [0.15, 0.2) is 11.1 Å². The summed E-state index contributed by atoms with van der Waals surface area (Å²) in [5.74, 6) is 0.00163. The molecule has 0 aromatic carbocycles. The molecule has 1 fully saturated rings. The number of nitrogens with zero attached hydrogens (tertiary/aromatic N) is 3. The van der Waals surface area contributed by atoms with Crippen LogP contribution in [0.4, 0.5) is 5.95 Å². The standard InChI is InChI=1S/C13H19N5O5/c1-6(21-2)22-7-3-9(23-8(7)4-19)18-5-15-10-11(18)16-13(14)17-12(10)20/h5-9,19H,3-4H2,1-2H3,(H3,14,16,17,20). The zero-order valence-electron chi connectivity index (χ0n) is 12.8. The van der Waals surface area contributed by atoms with Crippen LogP contribution in [-0.4, -0.2) is 56.8 Å². The smallest absolute Gasteiger partial charge is 0.280 e. The lowest BCUT2D eigenvalue weighted by atomic mass is 10.2. The Morgan fingerprint density at radius 1 is 1.65 bits per heavy atom. The quantitative estimate of drug-likeness (QED) is 0.617. The van der Waals surface area contributed by atoms with E-state index < -0.39 is 24.2 Å². The van der Waals surface area contributed by atoms with Crippen molar-refractivity contribution in [2.45, 2.75) is 38.1 Å². The van der Waals surface area contributed by atoms with E-state index in [0.717, 1.165) is 0 Å². The number of imidazole rings is 1. The lowest BCUT2D eigenvalue weighted by Gasteiger charge is -2.20. The topological polar surface area (TPSA) is 138 Å². The first-order chi connectivity index (χ1) is 11.0. The molecule has 3 rings (SSSR count). The fourth-order valence-electron chi connectivity index (χ4n) is 2.63. The molecule has 0 spiro atoms. The summed E-state index contributed by atoms with van der Waals surface area (Å²) in [6.45, 7) is 1.57. The summed E-state index contributed by atoms with van der Waals surface area (Å²) < 4.78 is 18.2. The molecule has 4 atom stereocenters. The van der Waals surface area contributed by atoms with E-state index in [1.165, 1.54) is 13.4 Å². The second-order valence-electron chi connectivity index (χ2n) is 5.30. The maximum Gasteiger partial charge on any atom is 0.280 e. The number of hydrogen-bond donors (Lipinski definition) is 3. The molecule has 4 unspecified atom stereocenters. The second kappa shape index (κ2) is 6.24. The van der Waals surface area contributed by atoms with Crippen molar-refractivity contribution in [2.75, 3.05) is 19.5 Å². The molecule has 2 aromatic rings. The van der Waals surface area contributed by atoms with Crippen molar-refractivity contribution < 1.29 is 19.3 Å². The molecule has 126 valence electrons. The van der Waals surface area contributed by atoms with Crippen molar-refractivity contribution in [3.05, 3.63) is 16.7 Å². The molecule has 0 aliphatic carbocycles. The van der Waals surface area contributed by atoms with Crippen LogP contribution >= 0.6 is 0 Å². The molecular formula is C13H19N5O5. The molecule has 0 radical (unpaired) electrons. The Bertz CT molecular complexity index is 744. The van der Waals surface area contributed by atoms with Gasteiger partial charge in [-0.25, -0.2) is 4.98 Å². The third kappa shape index (κ3) is 2.93. The van der Waals surface area contributed by atoms with E-state index in [2.05, 4.69) is 15.0 Å². The molecule has 0 bridgehead atoms. The van der Waals surface area contributed by atoms with Gasteiger partial charge in [0.2, 0.25) is 5.95 Å². The molecule has 0 saturated carbocycles. The van der Waals surface area contributed by atoms with Gasteiger partial charge in [-0.1, -0.05) is 0 Å². The van der Waals surface area contributed by atoms with E-state index in [0.29, 0.717) is 12.1 Å². The number of rotatable bonds is 5. The zero-order valence-corrected chi connectivity index (χ0v) is 12.8. The van der Waals surface area contributed by atoms with Gasteiger partial charge in [0.05, 0.1) is 19.0 Å². The fourth-order valence-corrected chi connectivity index (χ4v) is 2.63. The van der Waals surface area contributed by atoms with Crippen LogP contribution in [0.25, 0.3) is 11.2 Å². The SMILES string of the molecule is COC(C)OC1CC(n2cnc3c(=O)[nH]c(N)nc32)OC1CO. The molecule has 1 aliphatic heterocycles. The van der Waals surface area contributed by atoms with Crippen LogP contribution in [0.2, 0.25) is 0 Å². The van der Waals surface area contributed by atoms with Gasteiger partial charge in [0.15, 0.2) is 17.5 Å². The van der Waals surface area contributed by atoms with Crippen LogP contribution in [0.5, 0.6) is 0 Å². The minimum absolute atomic E-state index is 0.00163. The van der Waals surface area contributed by atoms with Gasteiger partial charge in [0.1, 0.15) is 12.3 Å². The normalized spacial score (nSPS) is 26.0. The number of nitrogens with one attached hydrogen (secondary N) is 1. The zero-order chi connectivity index (χ0) is 16.6. The largest absolute Gasteiger partial charge is 0.394 e. The van der Waals surface area contributed by atoms with E-state index in [1.54, 1.807) is 11.5 Å². The monoisotopic (exact) mass is 325 g/mol. The minimum Gasteiger partial charge on any atom is -0.394 e. The van der Waals surface area contributed by atoms with E-state index in [9.17, 15) is 9.90 Å². The molecule has 4 N–H and O–H groups in total. The summed E-state index contributed by atoms with van der Waals surface area (Å²) in [4.78, 5) is 22.4. The first kappa shape index (κ1) is 15.9. The van der Waals surface area contributed by atoms with Crippen molar-refractivity contribution in [2.24, 2.45) is 0 Å². The summed E-state index contributed by atoms with van der Waals surface area (Å²) in [6, 6.07) is 0. The van der Waals surface area contributed by atoms with Crippen molar-refractivity contribution in [1.29, 1.82) is 0 Å². The van der Waals surface area contributed by atoms with Crippen LogP contribution in [0, 0.1) is 0 Å². The van der Waals surface area contributed by atoms with Gasteiger partial charge < -0.3 is 25.1 Å². The third-order valence-electron chi connectivity index (χ3n) is 3.82.